The second-order valence-corrected chi connectivity index (χ2v) is 3.76. The molecule has 0 saturated heterocycles. The van der Waals surface area contributed by atoms with Crippen LogP contribution in [0.2, 0.25) is 4.47 Å². The van der Waals surface area contributed by atoms with Crippen LogP contribution in [0.1, 0.15) is 11.8 Å². The first-order chi connectivity index (χ1) is 5.72. The van der Waals surface area contributed by atoms with Crippen LogP contribution in [-0.4, -0.2) is 17.6 Å². The third kappa shape index (κ3) is 2.79. The van der Waals surface area contributed by atoms with Crippen LogP contribution in [0.3, 0.4) is 0 Å². The Labute approximate surface area is 79.3 Å². The van der Waals surface area contributed by atoms with Crippen molar-refractivity contribution in [3.05, 3.63) is 15.5 Å². The lowest BCUT2D eigenvalue weighted by atomic mass is 10.4. The van der Waals surface area contributed by atoms with Gasteiger partial charge in [0.2, 0.25) is 0 Å². The summed E-state index contributed by atoms with van der Waals surface area (Å²) in [6.07, 6.45) is 1.85. The summed E-state index contributed by atoms with van der Waals surface area (Å²) in [6.45, 7) is 2.18. The summed E-state index contributed by atoms with van der Waals surface area (Å²) < 4.78 is 5.20. The van der Waals surface area contributed by atoms with Gasteiger partial charge in [-0.15, -0.1) is 11.3 Å². The fourth-order valence-electron chi connectivity index (χ4n) is 0.720. The molecule has 0 fully saturated rings. The van der Waals surface area contributed by atoms with Gasteiger partial charge in [0.15, 0.2) is 4.47 Å². The van der Waals surface area contributed by atoms with Crippen LogP contribution >= 0.6 is 22.9 Å². The van der Waals surface area contributed by atoms with Gasteiger partial charge in [-0.3, -0.25) is 4.79 Å². The average Bonchev–Trinajstić information content (AvgIpc) is 2.36. The van der Waals surface area contributed by atoms with Crippen molar-refractivity contribution in [2.75, 3.05) is 6.61 Å². The Morgan fingerprint density at radius 2 is 2.58 bits per heavy atom. The maximum Gasteiger partial charge on any atom is 0.311 e. The SMILES string of the molecule is CCOC(=O)Cc1cnc(Cl)s1. The van der Waals surface area contributed by atoms with Crippen molar-refractivity contribution in [1.82, 2.24) is 4.98 Å². The maximum absolute atomic E-state index is 10.9. The van der Waals surface area contributed by atoms with E-state index in [1.54, 1.807) is 13.1 Å². The molecule has 0 saturated carbocycles. The zero-order valence-electron chi connectivity index (χ0n) is 6.54. The zero-order valence-corrected chi connectivity index (χ0v) is 8.11. The molecule has 1 heterocycles. The van der Waals surface area contributed by atoms with Gasteiger partial charge in [-0.05, 0) is 6.92 Å². The van der Waals surface area contributed by atoms with Crippen molar-refractivity contribution in [1.29, 1.82) is 0 Å². The molecule has 0 bridgehead atoms. The van der Waals surface area contributed by atoms with Crippen LogP contribution in [0.15, 0.2) is 6.20 Å². The number of ether oxygens (including phenoxy) is 1. The molecule has 0 amide bonds. The van der Waals surface area contributed by atoms with E-state index in [1.807, 2.05) is 0 Å². The molecule has 1 rings (SSSR count). The van der Waals surface area contributed by atoms with Gasteiger partial charge >= 0.3 is 5.97 Å². The second-order valence-electron chi connectivity index (χ2n) is 2.06. The van der Waals surface area contributed by atoms with Crippen molar-refractivity contribution in [3.8, 4) is 0 Å². The first-order valence-electron chi connectivity index (χ1n) is 3.48. The van der Waals surface area contributed by atoms with Crippen LogP contribution in [0, 0.1) is 0 Å². The Hall–Kier alpha value is -0.610. The largest absolute Gasteiger partial charge is 0.466 e. The quantitative estimate of drug-likeness (QED) is 0.708. The molecule has 3 nitrogen and oxygen atoms in total. The number of carbonyl (C=O) groups is 1. The van der Waals surface area contributed by atoms with Crippen LogP contribution in [0.25, 0.3) is 0 Å². The van der Waals surface area contributed by atoms with E-state index in [9.17, 15) is 4.79 Å². The van der Waals surface area contributed by atoms with Crippen molar-refractivity contribution in [3.63, 3.8) is 0 Å². The Morgan fingerprint density at radius 1 is 1.83 bits per heavy atom. The molecule has 0 atom stereocenters. The van der Waals surface area contributed by atoms with E-state index in [0.717, 1.165) is 4.88 Å². The van der Waals surface area contributed by atoms with E-state index in [0.29, 0.717) is 11.1 Å². The highest BCUT2D eigenvalue weighted by Crippen LogP contribution is 2.18. The van der Waals surface area contributed by atoms with Gasteiger partial charge in [0.05, 0.1) is 13.0 Å². The Bertz CT molecular complexity index is 274. The molecule has 66 valence electrons. The van der Waals surface area contributed by atoms with Crippen LogP contribution in [0.4, 0.5) is 0 Å². The Balaban J connectivity index is 2.46. The molecule has 0 aliphatic heterocycles. The Morgan fingerprint density at radius 3 is 3.08 bits per heavy atom. The van der Waals surface area contributed by atoms with E-state index in [4.69, 9.17) is 16.3 Å². The summed E-state index contributed by atoms with van der Waals surface area (Å²) in [4.78, 5) is 15.6. The summed E-state index contributed by atoms with van der Waals surface area (Å²) in [6, 6.07) is 0. The third-order valence-electron chi connectivity index (χ3n) is 1.15. The van der Waals surface area contributed by atoms with E-state index < -0.39 is 0 Å². The molecular formula is C7H8ClNO2S. The summed E-state index contributed by atoms with van der Waals surface area (Å²) in [5, 5.41) is 0. The predicted octanol–water partition coefficient (Wildman–Crippen LogP) is 1.90. The first-order valence-corrected chi connectivity index (χ1v) is 4.67. The highest BCUT2D eigenvalue weighted by atomic mass is 35.5. The summed E-state index contributed by atoms with van der Waals surface area (Å²) >= 11 is 6.87. The molecular weight excluding hydrogens is 198 g/mol. The van der Waals surface area contributed by atoms with Gasteiger partial charge in [-0.25, -0.2) is 4.98 Å². The number of thiazole rings is 1. The van der Waals surface area contributed by atoms with Crippen molar-refractivity contribution < 1.29 is 9.53 Å². The smallest absolute Gasteiger partial charge is 0.311 e. The number of halogens is 1. The number of hydrogen-bond acceptors (Lipinski definition) is 4. The van der Waals surface area contributed by atoms with Gasteiger partial charge in [0.1, 0.15) is 0 Å². The molecule has 0 unspecified atom stereocenters. The summed E-state index contributed by atoms with van der Waals surface area (Å²) in [5.41, 5.74) is 0. The molecule has 12 heavy (non-hydrogen) atoms. The van der Waals surface area contributed by atoms with Crippen molar-refractivity contribution in [2.24, 2.45) is 0 Å². The molecule has 1 aromatic rings. The molecule has 0 spiro atoms. The lowest BCUT2D eigenvalue weighted by Gasteiger charge is -1.97. The molecule has 0 radical (unpaired) electrons. The number of rotatable bonds is 3. The summed E-state index contributed by atoms with van der Waals surface area (Å²) in [5.74, 6) is -0.238. The molecule has 1 aromatic heterocycles. The first kappa shape index (κ1) is 9.48. The minimum atomic E-state index is -0.238. The van der Waals surface area contributed by atoms with Gasteiger partial charge in [-0.1, -0.05) is 11.6 Å². The predicted molar refractivity (Wildman–Crippen MR) is 47.5 cm³/mol. The fraction of sp³-hybridized carbons (Fsp3) is 0.429. The molecule has 5 heteroatoms. The molecule has 0 aliphatic rings. The fourth-order valence-corrected chi connectivity index (χ4v) is 1.68. The van der Waals surface area contributed by atoms with Gasteiger partial charge in [0, 0.05) is 11.1 Å². The Kier molecular flexibility index (Phi) is 3.49. The minimum absolute atomic E-state index is 0.238. The van der Waals surface area contributed by atoms with Gasteiger partial charge in [0.25, 0.3) is 0 Å². The van der Waals surface area contributed by atoms with Crippen LogP contribution < -0.4 is 0 Å². The van der Waals surface area contributed by atoms with E-state index in [-0.39, 0.29) is 12.4 Å². The van der Waals surface area contributed by atoms with E-state index >= 15 is 0 Å². The van der Waals surface area contributed by atoms with Gasteiger partial charge in [-0.2, -0.15) is 0 Å². The van der Waals surface area contributed by atoms with Gasteiger partial charge < -0.3 is 4.74 Å². The van der Waals surface area contributed by atoms with Crippen molar-refractivity contribution in [2.45, 2.75) is 13.3 Å². The normalized spacial score (nSPS) is 9.83. The number of esters is 1. The van der Waals surface area contributed by atoms with Crippen LogP contribution in [-0.2, 0) is 16.0 Å². The maximum atomic E-state index is 10.9. The standard InChI is InChI=1S/C7H8ClNO2S/c1-2-11-6(10)3-5-4-9-7(8)12-5/h4H,2-3H2,1H3. The lowest BCUT2D eigenvalue weighted by molar-refractivity contribution is -0.142. The topological polar surface area (TPSA) is 39.2 Å². The van der Waals surface area contributed by atoms with Crippen LogP contribution in [0.5, 0.6) is 0 Å². The lowest BCUT2D eigenvalue weighted by Crippen LogP contribution is -2.06. The highest BCUT2D eigenvalue weighted by Gasteiger charge is 2.06. The highest BCUT2D eigenvalue weighted by molar-refractivity contribution is 7.15. The monoisotopic (exact) mass is 205 g/mol. The van der Waals surface area contributed by atoms with E-state index in [1.165, 1.54) is 11.3 Å². The zero-order chi connectivity index (χ0) is 8.97. The minimum Gasteiger partial charge on any atom is -0.466 e. The number of aromatic nitrogens is 1. The second kappa shape index (κ2) is 4.42. The number of hydrogen-bond donors (Lipinski definition) is 0. The number of nitrogens with zero attached hydrogens (tertiary/aromatic N) is 1. The molecule has 0 N–H and O–H groups in total. The third-order valence-corrected chi connectivity index (χ3v) is 2.26. The average molecular weight is 206 g/mol. The molecule has 0 aliphatic carbocycles. The summed E-state index contributed by atoms with van der Waals surface area (Å²) in [7, 11) is 0. The van der Waals surface area contributed by atoms with Crippen molar-refractivity contribution >= 4 is 28.9 Å². The molecule has 0 aromatic carbocycles. The number of carbonyl (C=O) groups excluding carboxylic acids is 1. The van der Waals surface area contributed by atoms with E-state index in [2.05, 4.69) is 4.98 Å².